The summed E-state index contributed by atoms with van der Waals surface area (Å²) >= 11 is 0. The first-order valence-corrected chi connectivity index (χ1v) is 14.0. The van der Waals surface area contributed by atoms with Gasteiger partial charge in [0.1, 0.15) is 30.4 Å². The zero-order valence-corrected chi connectivity index (χ0v) is 24.1. The van der Waals surface area contributed by atoms with Crippen LogP contribution in [0.4, 0.5) is 15.0 Å². The number of ether oxygens (including phenoxy) is 3. The van der Waals surface area contributed by atoms with E-state index in [4.69, 9.17) is 14.2 Å². The number of piperazine rings is 1. The highest BCUT2D eigenvalue weighted by Crippen LogP contribution is 2.34. The van der Waals surface area contributed by atoms with Gasteiger partial charge in [-0.1, -0.05) is 60.7 Å². The molecule has 1 fully saturated rings. The van der Waals surface area contributed by atoms with Crippen molar-refractivity contribution in [2.24, 2.45) is 0 Å². The molecule has 218 valence electrons. The normalized spacial score (nSPS) is 13.5. The van der Waals surface area contributed by atoms with Crippen LogP contribution in [0.3, 0.4) is 0 Å². The fourth-order valence-corrected chi connectivity index (χ4v) is 4.51. The molecule has 0 atom stereocenters. The molecule has 0 bridgehead atoms. The molecule has 1 aliphatic rings. The van der Waals surface area contributed by atoms with Crippen LogP contribution < -0.4 is 14.4 Å². The molecule has 1 saturated heterocycles. The van der Waals surface area contributed by atoms with Crippen molar-refractivity contribution in [3.63, 3.8) is 0 Å². The fourth-order valence-electron chi connectivity index (χ4n) is 4.51. The first-order valence-electron chi connectivity index (χ1n) is 14.0. The first kappa shape index (κ1) is 28.9. The molecule has 0 radical (unpaired) electrons. The van der Waals surface area contributed by atoms with Gasteiger partial charge < -0.3 is 24.0 Å². The van der Waals surface area contributed by atoms with Crippen LogP contribution >= 0.6 is 0 Å². The van der Waals surface area contributed by atoms with Crippen LogP contribution in [-0.4, -0.2) is 52.7 Å². The largest absolute Gasteiger partial charge is 0.473 e. The zero-order valence-electron chi connectivity index (χ0n) is 24.1. The van der Waals surface area contributed by atoms with Gasteiger partial charge in [0, 0.05) is 55.6 Å². The van der Waals surface area contributed by atoms with E-state index < -0.39 is 11.4 Å². The lowest BCUT2D eigenvalue weighted by Gasteiger charge is -2.36. The maximum Gasteiger partial charge on any atom is 0.410 e. The van der Waals surface area contributed by atoms with Crippen LogP contribution in [0.2, 0.25) is 0 Å². The summed E-state index contributed by atoms with van der Waals surface area (Å²) in [7, 11) is 0. The molecule has 9 heteroatoms. The average molecular weight is 571 g/mol. The number of carbonyl (C=O) groups excluding carboxylic acids is 1. The van der Waals surface area contributed by atoms with Crippen molar-refractivity contribution in [1.29, 1.82) is 0 Å². The summed E-state index contributed by atoms with van der Waals surface area (Å²) in [5.74, 6) is 0.684. The van der Waals surface area contributed by atoms with E-state index in [0.717, 1.165) is 11.1 Å². The summed E-state index contributed by atoms with van der Waals surface area (Å²) in [6.07, 6.45) is 1.16. The summed E-state index contributed by atoms with van der Waals surface area (Å²) in [4.78, 5) is 25.2. The Morgan fingerprint density at radius 3 is 2.05 bits per heavy atom. The second-order valence-electron chi connectivity index (χ2n) is 11.0. The summed E-state index contributed by atoms with van der Waals surface area (Å²) in [6, 6.07) is 24.4. The Hall–Kier alpha value is -4.66. The number of halogens is 1. The Balaban J connectivity index is 1.32. The third-order valence-electron chi connectivity index (χ3n) is 6.67. The highest BCUT2D eigenvalue weighted by Gasteiger charge is 2.27. The smallest absolute Gasteiger partial charge is 0.410 e. The van der Waals surface area contributed by atoms with Gasteiger partial charge >= 0.3 is 6.09 Å². The van der Waals surface area contributed by atoms with Gasteiger partial charge in [-0.15, -0.1) is 0 Å². The molecule has 42 heavy (non-hydrogen) atoms. The lowest BCUT2D eigenvalue weighted by Crippen LogP contribution is -2.50. The van der Waals surface area contributed by atoms with Gasteiger partial charge in [0.25, 0.3) is 0 Å². The van der Waals surface area contributed by atoms with E-state index >= 15 is 4.39 Å². The Morgan fingerprint density at radius 1 is 0.833 bits per heavy atom. The molecule has 0 unspecified atom stereocenters. The zero-order chi connectivity index (χ0) is 29.5. The molecule has 0 spiro atoms. The van der Waals surface area contributed by atoms with E-state index in [0.29, 0.717) is 50.0 Å². The summed E-state index contributed by atoms with van der Waals surface area (Å²) in [5, 5.41) is 0. The van der Waals surface area contributed by atoms with E-state index in [1.165, 1.54) is 12.3 Å². The van der Waals surface area contributed by atoms with Gasteiger partial charge in [0.15, 0.2) is 0 Å². The molecule has 0 aliphatic carbocycles. The van der Waals surface area contributed by atoms with Crippen LogP contribution in [0.1, 0.15) is 31.9 Å². The van der Waals surface area contributed by atoms with Crippen molar-refractivity contribution in [3.8, 4) is 22.9 Å². The van der Waals surface area contributed by atoms with Crippen molar-refractivity contribution < 1.29 is 23.4 Å². The number of amides is 1. The van der Waals surface area contributed by atoms with Crippen molar-refractivity contribution in [2.75, 3.05) is 31.1 Å². The number of benzene rings is 2. The number of carbonyl (C=O) groups is 1. The first-order chi connectivity index (χ1) is 20.2. The predicted octanol–water partition coefficient (Wildman–Crippen LogP) is 6.50. The molecule has 5 rings (SSSR count). The molecule has 2 aromatic heterocycles. The monoisotopic (exact) mass is 570 g/mol. The highest BCUT2D eigenvalue weighted by molar-refractivity contribution is 5.71. The minimum Gasteiger partial charge on any atom is -0.473 e. The molecule has 4 aromatic rings. The van der Waals surface area contributed by atoms with Crippen molar-refractivity contribution in [2.45, 2.75) is 39.6 Å². The third kappa shape index (κ3) is 7.54. The van der Waals surface area contributed by atoms with Gasteiger partial charge in [0.05, 0.1) is 0 Å². The standard InChI is InChI=1S/C33H35FN4O4/c1-33(2,3)42-32(39)38-18-16-37(17-19-38)29-20-28(34)27(21-35-29)26-14-15-30(40-22-24-10-6-4-7-11-24)36-31(26)41-23-25-12-8-5-9-13-25/h4-15,20-21H,16-19,22-23H2,1-3H3. The Kier molecular flexibility index (Phi) is 8.85. The van der Waals surface area contributed by atoms with Crippen molar-refractivity contribution in [1.82, 2.24) is 14.9 Å². The second-order valence-corrected chi connectivity index (χ2v) is 11.0. The lowest BCUT2D eigenvalue weighted by atomic mass is 10.1. The van der Waals surface area contributed by atoms with Gasteiger partial charge in [-0.05, 0) is 38.0 Å². The SMILES string of the molecule is CC(C)(C)OC(=O)N1CCN(c2cc(F)c(-c3ccc(OCc4ccccc4)nc3OCc3ccccc3)cn2)CC1. The van der Waals surface area contributed by atoms with Crippen LogP contribution in [-0.2, 0) is 18.0 Å². The number of nitrogens with zero attached hydrogens (tertiary/aromatic N) is 4. The molecular weight excluding hydrogens is 535 g/mol. The van der Waals surface area contributed by atoms with Crippen molar-refractivity contribution >= 4 is 11.9 Å². The van der Waals surface area contributed by atoms with Crippen LogP contribution in [0.15, 0.2) is 85.1 Å². The predicted molar refractivity (Wildman–Crippen MR) is 159 cm³/mol. The van der Waals surface area contributed by atoms with E-state index in [-0.39, 0.29) is 24.1 Å². The van der Waals surface area contributed by atoms with Gasteiger partial charge in [-0.3, -0.25) is 0 Å². The highest BCUT2D eigenvalue weighted by atomic mass is 19.1. The Labute approximate surface area is 245 Å². The number of pyridine rings is 2. The lowest BCUT2D eigenvalue weighted by molar-refractivity contribution is 0.0240. The third-order valence-corrected chi connectivity index (χ3v) is 6.67. The Morgan fingerprint density at radius 2 is 1.45 bits per heavy atom. The topological polar surface area (TPSA) is 77.0 Å². The van der Waals surface area contributed by atoms with Gasteiger partial charge in [-0.25, -0.2) is 14.2 Å². The van der Waals surface area contributed by atoms with Crippen LogP contribution in [0, 0.1) is 5.82 Å². The van der Waals surface area contributed by atoms with Crippen LogP contribution in [0.25, 0.3) is 11.1 Å². The molecule has 3 heterocycles. The minimum absolute atomic E-state index is 0.254. The van der Waals surface area contributed by atoms with E-state index in [1.807, 2.05) is 86.3 Å². The molecule has 1 amide bonds. The fraction of sp³-hybridized carbons (Fsp3) is 0.303. The second kappa shape index (κ2) is 12.9. The molecule has 1 aliphatic heterocycles. The Bertz CT molecular complexity index is 1490. The summed E-state index contributed by atoms with van der Waals surface area (Å²) in [6.45, 7) is 8.10. The minimum atomic E-state index is -0.556. The molecule has 8 nitrogen and oxygen atoms in total. The molecular formula is C33H35FN4O4. The number of rotatable bonds is 8. The van der Waals surface area contributed by atoms with E-state index in [9.17, 15) is 4.79 Å². The number of hydrogen-bond acceptors (Lipinski definition) is 7. The maximum absolute atomic E-state index is 15.6. The molecule has 0 saturated carbocycles. The summed E-state index contributed by atoms with van der Waals surface area (Å²) in [5.41, 5.74) is 2.16. The van der Waals surface area contributed by atoms with Crippen molar-refractivity contribution in [3.05, 3.63) is 102 Å². The summed E-state index contributed by atoms with van der Waals surface area (Å²) < 4.78 is 33.1. The number of aromatic nitrogens is 2. The van der Waals surface area contributed by atoms with Gasteiger partial charge in [-0.2, -0.15) is 4.98 Å². The van der Waals surface area contributed by atoms with Gasteiger partial charge in [0.2, 0.25) is 11.8 Å². The molecule has 2 aromatic carbocycles. The molecule has 0 N–H and O–H groups in total. The van der Waals surface area contributed by atoms with E-state index in [2.05, 4.69) is 9.97 Å². The van der Waals surface area contributed by atoms with Crippen LogP contribution in [0.5, 0.6) is 11.8 Å². The number of hydrogen-bond donors (Lipinski definition) is 0. The van der Waals surface area contributed by atoms with E-state index in [1.54, 1.807) is 17.0 Å². The average Bonchev–Trinajstić information content (AvgIpc) is 2.99. The maximum atomic E-state index is 15.6. The number of anilines is 1. The quantitative estimate of drug-likeness (QED) is 0.239.